The summed E-state index contributed by atoms with van der Waals surface area (Å²) in [5.41, 5.74) is 0.184. The molecule has 10 heteroatoms. The normalized spacial score (nSPS) is 10.2. The predicted octanol–water partition coefficient (Wildman–Crippen LogP) is 4.77. The van der Waals surface area contributed by atoms with Crippen LogP contribution in [0.15, 0.2) is 42.5 Å². The minimum absolute atomic E-state index is 0.0375. The first-order valence-corrected chi connectivity index (χ1v) is 8.32. The maximum absolute atomic E-state index is 11.7. The Hall–Kier alpha value is -2.19. The summed E-state index contributed by atoms with van der Waals surface area (Å²) >= 11 is 17.3. The van der Waals surface area contributed by atoms with Crippen molar-refractivity contribution in [2.75, 3.05) is 18.2 Å². The highest BCUT2D eigenvalue weighted by Crippen LogP contribution is 2.27. The van der Waals surface area contributed by atoms with Gasteiger partial charge in [-0.1, -0.05) is 34.8 Å². The Bertz CT molecular complexity index is 786. The summed E-state index contributed by atoms with van der Waals surface area (Å²) in [6.45, 7) is -0.225. The van der Waals surface area contributed by atoms with E-state index < -0.39 is 12.2 Å². The van der Waals surface area contributed by atoms with Crippen molar-refractivity contribution >= 4 is 52.7 Å². The van der Waals surface area contributed by atoms with Crippen LogP contribution in [-0.4, -0.2) is 30.5 Å². The van der Waals surface area contributed by atoms with Crippen LogP contribution in [0.25, 0.3) is 0 Å². The number of carbonyl (C=O) groups excluding carboxylic acids is 2. The zero-order chi connectivity index (χ0) is 19.1. The molecule has 0 fully saturated rings. The van der Waals surface area contributed by atoms with Crippen LogP contribution in [-0.2, 0) is 4.74 Å². The summed E-state index contributed by atoms with van der Waals surface area (Å²) in [4.78, 5) is 23.3. The fourth-order valence-electron chi connectivity index (χ4n) is 1.73. The third-order valence-electron chi connectivity index (χ3n) is 2.94. The second-order valence-electron chi connectivity index (χ2n) is 4.79. The monoisotopic (exact) mass is 418 g/mol. The van der Waals surface area contributed by atoms with Crippen LogP contribution in [0.3, 0.4) is 0 Å². The molecule has 0 aliphatic carbocycles. The molecule has 0 bridgehead atoms. The molecule has 0 aliphatic rings. The van der Waals surface area contributed by atoms with Gasteiger partial charge in [0.1, 0.15) is 6.61 Å². The summed E-state index contributed by atoms with van der Waals surface area (Å²) in [5, 5.41) is 13.4. The molecule has 138 valence electrons. The minimum Gasteiger partial charge on any atom is -0.446 e. The highest BCUT2D eigenvalue weighted by molar-refractivity contribution is 6.35. The summed E-state index contributed by atoms with van der Waals surface area (Å²) < 4.78 is 9.80. The van der Waals surface area contributed by atoms with E-state index in [2.05, 4.69) is 5.32 Å². The van der Waals surface area contributed by atoms with Crippen LogP contribution in [0.2, 0.25) is 15.1 Å². The zero-order valence-electron chi connectivity index (χ0n) is 13.1. The van der Waals surface area contributed by atoms with Crippen LogP contribution < -0.4 is 15.1 Å². The standard InChI is InChI=1S/C16H13Cl3N2O5/c17-10-1-4-12(5-2-10)21(24)16(23)25-8-7-20-15(22)26-14-6-3-11(18)9-13(14)19/h1-6,9,24H,7-8H2,(H,20,22). The maximum Gasteiger partial charge on any atom is 0.438 e. The Morgan fingerprint density at radius 2 is 1.69 bits per heavy atom. The van der Waals surface area contributed by atoms with E-state index in [1.54, 1.807) is 0 Å². The van der Waals surface area contributed by atoms with E-state index in [9.17, 15) is 14.8 Å². The highest BCUT2D eigenvalue weighted by Gasteiger charge is 2.15. The van der Waals surface area contributed by atoms with Crippen LogP contribution in [0.4, 0.5) is 15.3 Å². The minimum atomic E-state index is -1.01. The summed E-state index contributed by atoms with van der Waals surface area (Å²) in [6.07, 6.45) is -1.80. The topological polar surface area (TPSA) is 88.1 Å². The largest absolute Gasteiger partial charge is 0.446 e. The number of amides is 2. The van der Waals surface area contributed by atoms with Crippen molar-refractivity contribution in [3.05, 3.63) is 57.5 Å². The summed E-state index contributed by atoms with van der Waals surface area (Å²) in [7, 11) is 0. The molecule has 0 spiro atoms. The molecule has 2 rings (SSSR count). The Morgan fingerprint density at radius 3 is 2.35 bits per heavy atom. The number of benzene rings is 2. The molecule has 2 aromatic rings. The summed E-state index contributed by atoms with van der Waals surface area (Å²) in [5.74, 6) is 0.134. The van der Waals surface area contributed by atoms with Crippen molar-refractivity contribution in [3.8, 4) is 5.75 Å². The Morgan fingerprint density at radius 1 is 1.04 bits per heavy atom. The first kappa shape index (κ1) is 20.1. The van der Waals surface area contributed by atoms with Crippen molar-refractivity contribution in [2.24, 2.45) is 0 Å². The lowest BCUT2D eigenvalue weighted by atomic mass is 10.3. The number of hydrogen-bond acceptors (Lipinski definition) is 5. The van der Waals surface area contributed by atoms with E-state index >= 15 is 0 Å². The molecular formula is C16H13Cl3N2O5. The Labute approximate surface area is 163 Å². The summed E-state index contributed by atoms with van der Waals surface area (Å²) in [6, 6.07) is 10.3. The Kier molecular flexibility index (Phi) is 7.35. The van der Waals surface area contributed by atoms with Crippen molar-refractivity contribution in [1.82, 2.24) is 5.32 Å². The lowest BCUT2D eigenvalue weighted by Gasteiger charge is -2.15. The highest BCUT2D eigenvalue weighted by atomic mass is 35.5. The SMILES string of the molecule is O=C(NCCOC(=O)N(O)c1ccc(Cl)cc1)Oc1ccc(Cl)cc1Cl. The molecule has 0 aliphatic heterocycles. The van der Waals surface area contributed by atoms with Gasteiger partial charge >= 0.3 is 12.2 Å². The van der Waals surface area contributed by atoms with Gasteiger partial charge in [-0.2, -0.15) is 5.06 Å². The van der Waals surface area contributed by atoms with Gasteiger partial charge in [-0.15, -0.1) is 0 Å². The van der Waals surface area contributed by atoms with Crippen LogP contribution in [0, 0.1) is 0 Å². The van der Waals surface area contributed by atoms with Crippen molar-refractivity contribution in [2.45, 2.75) is 0 Å². The molecular weight excluding hydrogens is 407 g/mol. The van der Waals surface area contributed by atoms with Gasteiger partial charge in [0.2, 0.25) is 0 Å². The number of anilines is 1. The number of carbonyl (C=O) groups is 2. The predicted molar refractivity (Wildman–Crippen MR) is 97.6 cm³/mol. The third-order valence-corrected chi connectivity index (χ3v) is 3.72. The second-order valence-corrected chi connectivity index (χ2v) is 6.07. The van der Waals surface area contributed by atoms with E-state index in [-0.39, 0.29) is 29.6 Å². The molecule has 2 aromatic carbocycles. The quantitative estimate of drug-likeness (QED) is 0.414. The lowest BCUT2D eigenvalue weighted by molar-refractivity contribution is 0.120. The van der Waals surface area contributed by atoms with Gasteiger partial charge in [-0.3, -0.25) is 5.21 Å². The third kappa shape index (κ3) is 5.96. The number of halogens is 3. The van der Waals surface area contributed by atoms with Crippen LogP contribution in [0.5, 0.6) is 5.75 Å². The molecule has 0 saturated heterocycles. The molecule has 2 N–H and O–H groups in total. The Balaban J connectivity index is 1.73. The van der Waals surface area contributed by atoms with E-state index in [0.717, 1.165) is 0 Å². The first-order chi connectivity index (χ1) is 12.4. The van der Waals surface area contributed by atoms with E-state index in [4.69, 9.17) is 44.3 Å². The molecule has 7 nitrogen and oxygen atoms in total. The van der Waals surface area contributed by atoms with Crippen molar-refractivity contribution in [1.29, 1.82) is 0 Å². The molecule has 0 unspecified atom stereocenters. The zero-order valence-corrected chi connectivity index (χ0v) is 15.4. The van der Waals surface area contributed by atoms with E-state index in [1.807, 2.05) is 0 Å². The molecule has 0 radical (unpaired) electrons. The maximum atomic E-state index is 11.7. The van der Waals surface area contributed by atoms with Gasteiger partial charge in [0.15, 0.2) is 5.75 Å². The smallest absolute Gasteiger partial charge is 0.438 e. The van der Waals surface area contributed by atoms with Crippen LogP contribution in [0.1, 0.15) is 0 Å². The first-order valence-electron chi connectivity index (χ1n) is 7.19. The number of rotatable bonds is 5. The average Bonchev–Trinajstić information content (AvgIpc) is 2.61. The van der Waals surface area contributed by atoms with Crippen LogP contribution >= 0.6 is 34.8 Å². The molecule has 0 atom stereocenters. The molecule has 0 saturated carbocycles. The number of nitrogens with one attached hydrogen (secondary N) is 1. The number of hydroxylamine groups is 1. The fraction of sp³-hybridized carbons (Fsp3) is 0.125. The van der Waals surface area contributed by atoms with Gasteiger partial charge in [0.25, 0.3) is 0 Å². The van der Waals surface area contributed by atoms with Gasteiger partial charge in [0.05, 0.1) is 17.3 Å². The van der Waals surface area contributed by atoms with E-state index in [1.165, 1.54) is 42.5 Å². The van der Waals surface area contributed by atoms with Gasteiger partial charge < -0.3 is 14.8 Å². The number of hydrogen-bond donors (Lipinski definition) is 2. The van der Waals surface area contributed by atoms with Gasteiger partial charge in [-0.25, -0.2) is 9.59 Å². The van der Waals surface area contributed by atoms with Crippen molar-refractivity contribution in [3.63, 3.8) is 0 Å². The number of ether oxygens (including phenoxy) is 2. The molecule has 0 aromatic heterocycles. The molecule has 26 heavy (non-hydrogen) atoms. The van der Waals surface area contributed by atoms with E-state index in [0.29, 0.717) is 15.1 Å². The van der Waals surface area contributed by atoms with Gasteiger partial charge in [0, 0.05) is 10.0 Å². The van der Waals surface area contributed by atoms with Gasteiger partial charge in [-0.05, 0) is 42.5 Å². The molecule has 2 amide bonds. The van der Waals surface area contributed by atoms with Crippen molar-refractivity contribution < 1.29 is 24.3 Å². The second kappa shape index (κ2) is 9.49. The number of nitrogens with zero attached hydrogens (tertiary/aromatic N) is 1. The average molecular weight is 420 g/mol. The lowest BCUT2D eigenvalue weighted by Crippen LogP contribution is -2.33. The fourth-order valence-corrected chi connectivity index (χ4v) is 2.31. The molecule has 0 heterocycles.